The van der Waals surface area contributed by atoms with E-state index >= 15 is 0 Å². The number of aromatic amines is 1. The fourth-order valence-corrected chi connectivity index (χ4v) is 2.85. The summed E-state index contributed by atoms with van der Waals surface area (Å²) in [5.41, 5.74) is 3.22. The first-order chi connectivity index (χ1) is 7.97. The van der Waals surface area contributed by atoms with E-state index in [4.69, 9.17) is 12.2 Å². The van der Waals surface area contributed by atoms with Gasteiger partial charge >= 0.3 is 0 Å². The van der Waals surface area contributed by atoms with E-state index in [0.717, 1.165) is 28.8 Å². The summed E-state index contributed by atoms with van der Waals surface area (Å²) in [5.74, 6) is 0. The molecule has 0 bridgehead atoms. The molecule has 0 radical (unpaired) electrons. The summed E-state index contributed by atoms with van der Waals surface area (Å²) in [7, 11) is 0. The van der Waals surface area contributed by atoms with Crippen LogP contribution < -0.4 is 0 Å². The molecule has 0 saturated carbocycles. The third-order valence-electron chi connectivity index (χ3n) is 3.25. The maximum atomic E-state index is 5.44. The maximum Gasteiger partial charge on any atom is 0.179 e. The van der Waals surface area contributed by atoms with Gasteiger partial charge in [0.25, 0.3) is 0 Å². The van der Waals surface area contributed by atoms with Gasteiger partial charge in [-0.05, 0) is 51.0 Å². The molecule has 4 heteroatoms. The normalized spacial score (nSPS) is 12.2. The summed E-state index contributed by atoms with van der Waals surface area (Å²) < 4.78 is 2.91. The summed E-state index contributed by atoms with van der Waals surface area (Å²) in [6.45, 7) is 8.69. The minimum absolute atomic E-state index is 0.00484. The van der Waals surface area contributed by atoms with Crippen LogP contribution in [-0.4, -0.2) is 14.5 Å². The number of hydrogen-bond acceptors (Lipinski definition) is 2. The molecule has 2 aromatic rings. The highest BCUT2D eigenvalue weighted by molar-refractivity contribution is 7.71. The van der Waals surface area contributed by atoms with Gasteiger partial charge in [0.15, 0.2) is 10.4 Å². The summed E-state index contributed by atoms with van der Waals surface area (Å²) in [5, 5.41) is 0. The molecule has 0 atom stereocenters. The first-order valence-corrected chi connectivity index (χ1v) is 6.45. The van der Waals surface area contributed by atoms with E-state index in [2.05, 4.69) is 42.2 Å². The zero-order valence-electron chi connectivity index (χ0n) is 10.9. The minimum Gasteiger partial charge on any atom is -0.329 e. The number of rotatable bonds is 3. The number of aryl methyl sites for hydroxylation is 1. The van der Waals surface area contributed by atoms with E-state index in [-0.39, 0.29) is 5.54 Å². The SMILES string of the molecule is CCCC(C)(C)n1c(=S)[nH]c2c(C)ccnc21. The Balaban J connectivity index is 2.74. The first kappa shape index (κ1) is 12.3. The van der Waals surface area contributed by atoms with Gasteiger partial charge in [-0.3, -0.25) is 4.57 Å². The number of pyridine rings is 1. The van der Waals surface area contributed by atoms with E-state index < -0.39 is 0 Å². The van der Waals surface area contributed by atoms with Crippen molar-refractivity contribution in [1.29, 1.82) is 0 Å². The van der Waals surface area contributed by atoms with Crippen LogP contribution in [-0.2, 0) is 5.54 Å². The molecule has 0 amide bonds. The van der Waals surface area contributed by atoms with Crippen molar-refractivity contribution in [3.05, 3.63) is 22.6 Å². The largest absolute Gasteiger partial charge is 0.329 e. The topological polar surface area (TPSA) is 33.6 Å². The lowest BCUT2D eigenvalue weighted by atomic mass is 9.99. The molecule has 2 heterocycles. The smallest absolute Gasteiger partial charge is 0.179 e. The molecule has 0 aliphatic carbocycles. The predicted molar refractivity (Wildman–Crippen MR) is 73.9 cm³/mol. The van der Waals surface area contributed by atoms with Crippen molar-refractivity contribution < 1.29 is 0 Å². The summed E-state index contributed by atoms with van der Waals surface area (Å²) in [4.78, 5) is 7.75. The van der Waals surface area contributed by atoms with Gasteiger partial charge in [-0.1, -0.05) is 13.3 Å². The van der Waals surface area contributed by atoms with Crippen LogP contribution in [0.25, 0.3) is 11.2 Å². The Hall–Kier alpha value is -1.16. The second-order valence-electron chi connectivity index (χ2n) is 5.15. The van der Waals surface area contributed by atoms with Gasteiger partial charge in [-0.15, -0.1) is 0 Å². The standard InChI is InChI=1S/C13H19N3S/c1-5-7-13(3,4)16-11-10(15-12(16)17)9(2)6-8-14-11/h6,8H,5,7H2,1-4H3,(H,15,17). The number of hydrogen-bond donors (Lipinski definition) is 1. The van der Waals surface area contributed by atoms with Crippen molar-refractivity contribution in [3.63, 3.8) is 0 Å². The van der Waals surface area contributed by atoms with Gasteiger partial charge in [-0.25, -0.2) is 4.98 Å². The second kappa shape index (κ2) is 4.26. The lowest BCUT2D eigenvalue weighted by molar-refractivity contribution is 0.328. The molecule has 0 saturated heterocycles. The van der Waals surface area contributed by atoms with Gasteiger partial charge in [0.1, 0.15) is 0 Å². The third-order valence-corrected chi connectivity index (χ3v) is 3.54. The van der Waals surface area contributed by atoms with Gasteiger partial charge in [0, 0.05) is 11.7 Å². The van der Waals surface area contributed by atoms with Crippen molar-refractivity contribution in [2.45, 2.75) is 46.1 Å². The van der Waals surface area contributed by atoms with E-state index in [1.54, 1.807) is 0 Å². The Labute approximate surface area is 107 Å². The molecule has 2 rings (SSSR count). The summed E-state index contributed by atoms with van der Waals surface area (Å²) >= 11 is 5.44. The summed E-state index contributed by atoms with van der Waals surface area (Å²) in [6, 6.07) is 2.00. The van der Waals surface area contributed by atoms with Gasteiger partial charge in [-0.2, -0.15) is 0 Å². The third kappa shape index (κ3) is 2.02. The molecule has 0 spiro atoms. The highest BCUT2D eigenvalue weighted by Crippen LogP contribution is 2.27. The van der Waals surface area contributed by atoms with Gasteiger partial charge in [0.2, 0.25) is 0 Å². The molecule has 3 nitrogen and oxygen atoms in total. The highest BCUT2D eigenvalue weighted by Gasteiger charge is 2.23. The molecule has 0 aromatic carbocycles. The van der Waals surface area contributed by atoms with Crippen LogP contribution in [0.1, 0.15) is 39.2 Å². The molecule has 92 valence electrons. The number of nitrogens with one attached hydrogen (secondary N) is 1. The number of H-pyrrole nitrogens is 1. The molecule has 0 unspecified atom stereocenters. The molecule has 0 fully saturated rings. The molecular formula is C13H19N3S. The van der Waals surface area contributed by atoms with Crippen molar-refractivity contribution in [3.8, 4) is 0 Å². The molecule has 1 N–H and O–H groups in total. The first-order valence-electron chi connectivity index (χ1n) is 6.04. The Morgan fingerprint density at radius 3 is 2.82 bits per heavy atom. The number of aromatic nitrogens is 3. The lowest BCUT2D eigenvalue weighted by Gasteiger charge is -2.26. The van der Waals surface area contributed by atoms with Crippen LogP contribution in [0.4, 0.5) is 0 Å². The number of nitrogens with zero attached hydrogens (tertiary/aromatic N) is 2. The average molecular weight is 249 g/mol. The Morgan fingerprint density at radius 2 is 2.18 bits per heavy atom. The fraction of sp³-hybridized carbons (Fsp3) is 0.538. The molecule has 0 aliphatic heterocycles. The second-order valence-corrected chi connectivity index (χ2v) is 5.54. The average Bonchev–Trinajstić information content (AvgIpc) is 2.56. The van der Waals surface area contributed by atoms with Crippen LogP contribution in [0.2, 0.25) is 0 Å². The zero-order valence-corrected chi connectivity index (χ0v) is 11.7. The Morgan fingerprint density at radius 1 is 1.47 bits per heavy atom. The van der Waals surface area contributed by atoms with Crippen LogP contribution in [0, 0.1) is 11.7 Å². The molecule has 2 aromatic heterocycles. The van der Waals surface area contributed by atoms with Crippen LogP contribution >= 0.6 is 12.2 Å². The van der Waals surface area contributed by atoms with Crippen LogP contribution in [0.15, 0.2) is 12.3 Å². The van der Waals surface area contributed by atoms with Gasteiger partial charge < -0.3 is 4.98 Å². The van der Waals surface area contributed by atoms with Crippen LogP contribution in [0.5, 0.6) is 0 Å². The maximum absolute atomic E-state index is 5.44. The zero-order chi connectivity index (χ0) is 12.6. The van der Waals surface area contributed by atoms with Crippen molar-refractivity contribution in [2.75, 3.05) is 0 Å². The van der Waals surface area contributed by atoms with Crippen molar-refractivity contribution in [1.82, 2.24) is 14.5 Å². The van der Waals surface area contributed by atoms with E-state index in [9.17, 15) is 0 Å². The monoisotopic (exact) mass is 249 g/mol. The van der Waals surface area contributed by atoms with Crippen molar-refractivity contribution >= 4 is 23.4 Å². The predicted octanol–water partition coefficient (Wildman–Crippen LogP) is 3.94. The quantitative estimate of drug-likeness (QED) is 0.836. The number of fused-ring (bicyclic) bond motifs is 1. The lowest BCUT2D eigenvalue weighted by Crippen LogP contribution is -2.26. The summed E-state index contributed by atoms with van der Waals surface area (Å²) in [6.07, 6.45) is 4.07. The minimum atomic E-state index is 0.00484. The van der Waals surface area contributed by atoms with Gasteiger partial charge in [0.05, 0.1) is 5.52 Å². The van der Waals surface area contributed by atoms with E-state index in [1.165, 1.54) is 5.56 Å². The molecular weight excluding hydrogens is 230 g/mol. The molecule has 17 heavy (non-hydrogen) atoms. The fourth-order valence-electron chi connectivity index (χ4n) is 2.41. The molecule has 0 aliphatic rings. The Kier molecular flexibility index (Phi) is 3.08. The van der Waals surface area contributed by atoms with Crippen molar-refractivity contribution in [2.24, 2.45) is 0 Å². The highest BCUT2D eigenvalue weighted by atomic mass is 32.1. The number of imidazole rings is 1. The van der Waals surface area contributed by atoms with E-state index in [0.29, 0.717) is 0 Å². The van der Waals surface area contributed by atoms with Crippen LogP contribution in [0.3, 0.4) is 0 Å². The Bertz CT molecular complexity index is 592. The van der Waals surface area contributed by atoms with E-state index in [1.807, 2.05) is 12.3 Å².